The van der Waals surface area contributed by atoms with E-state index in [0.29, 0.717) is 18.6 Å². The lowest BCUT2D eigenvalue weighted by atomic mass is 10.1. The summed E-state index contributed by atoms with van der Waals surface area (Å²) in [5, 5.41) is 0. The van der Waals surface area contributed by atoms with E-state index in [4.69, 9.17) is 15.2 Å². The van der Waals surface area contributed by atoms with Gasteiger partial charge in [0.05, 0.1) is 0 Å². The summed E-state index contributed by atoms with van der Waals surface area (Å²) < 4.78 is 13.2. The Morgan fingerprint density at radius 2 is 1.95 bits per heavy atom. The van der Waals surface area contributed by atoms with Crippen LogP contribution in [0.2, 0.25) is 0 Å². The minimum absolute atomic E-state index is 0.323. The maximum Gasteiger partial charge on any atom is 0.231 e. The SMILES string of the molecule is CC(C)CN(CC(C)CN)Sc1ccc2c(c1)OCO2. The first-order chi connectivity index (χ1) is 9.58. The van der Waals surface area contributed by atoms with Gasteiger partial charge in [0, 0.05) is 18.0 Å². The van der Waals surface area contributed by atoms with E-state index in [1.54, 1.807) is 11.9 Å². The molecule has 0 fully saturated rings. The van der Waals surface area contributed by atoms with Gasteiger partial charge in [-0.25, -0.2) is 4.31 Å². The Morgan fingerprint density at radius 1 is 1.20 bits per heavy atom. The molecule has 4 nitrogen and oxygen atoms in total. The van der Waals surface area contributed by atoms with Crippen LogP contribution in [0, 0.1) is 11.8 Å². The van der Waals surface area contributed by atoms with Gasteiger partial charge in [-0.1, -0.05) is 20.8 Å². The minimum atomic E-state index is 0.323. The molecule has 0 saturated carbocycles. The molecule has 0 amide bonds. The van der Waals surface area contributed by atoms with E-state index in [9.17, 15) is 0 Å². The second kappa shape index (κ2) is 7.20. The van der Waals surface area contributed by atoms with Crippen molar-refractivity contribution in [3.63, 3.8) is 0 Å². The monoisotopic (exact) mass is 296 g/mol. The predicted molar refractivity (Wildman–Crippen MR) is 83.1 cm³/mol. The van der Waals surface area contributed by atoms with E-state index in [1.165, 1.54) is 4.90 Å². The van der Waals surface area contributed by atoms with Crippen LogP contribution < -0.4 is 15.2 Å². The van der Waals surface area contributed by atoms with Crippen LogP contribution in [-0.4, -0.2) is 30.7 Å². The maximum absolute atomic E-state index is 5.75. The van der Waals surface area contributed by atoms with Crippen LogP contribution in [0.15, 0.2) is 23.1 Å². The van der Waals surface area contributed by atoms with Crippen LogP contribution in [0.5, 0.6) is 11.5 Å². The van der Waals surface area contributed by atoms with Crippen molar-refractivity contribution in [2.45, 2.75) is 25.7 Å². The highest BCUT2D eigenvalue weighted by atomic mass is 32.2. The summed E-state index contributed by atoms with van der Waals surface area (Å²) in [6.07, 6.45) is 0. The second-order valence-electron chi connectivity index (χ2n) is 5.69. The van der Waals surface area contributed by atoms with E-state index in [1.807, 2.05) is 12.1 Å². The molecule has 1 aliphatic rings. The molecule has 112 valence electrons. The molecule has 0 aromatic heterocycles. The first kappa shape index (κ1) is 15.5. The summed E-state index contributed by atoms with van der Waals surface area (Å²) >= 11 is 1.77. The van der Waals surface area contributed by atoms with Crippen LogP contribution >= 0.6 is 11.9 Å². The molecule has 1 atom stereocenters. The minimum Gasteiger partial charge on any atom is -0.454 e. The summed E-state index contributed by atoms with van der Waals surface area (Å²) in [5.41, 5.74) is 5.75. The molecule has 0 saturated heterocycles. The molecule has 0 bridgehead atoms. The van der Waals surface area contributed by atoms with Gasteiger partial charge < -0.3 is 15.2 Å². The molecule has 1 aromatic rings. The van der Waals surface area contributed by atoms with Gasteiger partial charge in [-0.3, -0.25) is 0 Å². The molecule has 0 radical (unpaired) electrons. The average molecular weight is 296 g/mol. The number of benzene rings is 1. The van der Waals surface area contributed by atoms with Crippen molar-refractivity contribution in [1.29, 1.82) is 0 Å². The van der Waals surface area contributed by atoms with Gasteiger partial charge in [0.25, 0.3) is 0 Å². The molecular weight excluding hydrogens is 272 g/mol. The van der Waals surface area contributed by atoms with Crippen LogP contribution in [0.4, 0.5) is 0 Å². The Balaban J connectivity index is 2.02. The van der Waals surface area contributed by atoms with Gasteiger partial charge in [-0.15, -0.1) is 0 Å². The number of nitrogens with zero attached hydrogens (tertiary/aromatic N) is 1. The molecule has 2 rings (SSSR count). The van der Waals surface area contributed by atoms with Gasteiger partial charge in [-0.2, -0.15) is 0 Å². The highest BCUT2D eigenvalue weighted by molar-refractivity contribution is 7.97. The molecule has 2 N–H and O–H groups in total. The van der Waals surface area contributed by atoms with E-state index in [0.717, 1.165) is 31.1 Å². The Morgan fingerprint density at radius 3 is 2.65 bits per heavy atom. The van der Waals surface area contributed by atoms with Crippen molar-refractivity contribution in [2.24, 2.45) is 17.6 Å². The Labute approximate surface area is 125 Å². The molecule has 1 aromatic carbocycles. The largest absolute Gasteiger partial charge is 0.454 e. The molecule has 5 heteroatoms. The number of hydrogen-bond donors (Lipinski definition) is 1. The molecular formula is C15H24N2O2S. The van der Waals surface area contributed by atoms with E-state index < -0.39 is 0 Å². The van der Waals surface area contributed by atoms with Crippen molar-refractivity contribution in [1.82, 2.24) is 4.31 Å². The summed E-state index contributed by atoms with van der Waals surface area (Å²) in [6.45, 7) is 9.74. The van der Waals surface area contributed by atoms with Gasteiger partial charge >= 0.3 is 0 Å². The van der Waals surface area contributed by atoms with Crippen molar-refractivity contribution in [3.05, 3.63) is 18.2 Å². The number of rotatable bonds is 7. The van der Waals surface area contributed by atoms with Gasteiger partial charge in [0.1, 0.15) is 0 Å². The third kappa shape index (κ3) is 4.30. The summed E-state index contributed by atoms with van der Waals surface area (Å²) in [5.74, 6) is 2.79. The van der Waals surface area contributed by atoms with Crippen molar-refractivity contribution < 1.29 is 9.47 Å². The van der Waals surface area contributed by atoms with E-state index in [-0.39, 0.29) is 0 Å². The van der Waals surface area contributed by atoms with Gasteiger partial charge in [-0.05, 0) is 48.5 Å². The third-order valence-corrected chi connectivity index (χ3v) is 4.09. The Hall–Kier alpha value is -0.910. The maximum atomic E-state index is 5.75. The zero-order chi connectivity index (χ0) is 14.5. The molecule has 20 heavy (non-hydrogen) atoms. The lowest BCUT2D eigenvalue weighted by Crippen LogP contribution is -2.29. The number of ether oxygens (including phenoxy) is 2. The van der Waals surface area contributed by atoms with E-state index in [2.05, 4.69) is 31.1 Å². The smallest absolute Gasteiger partial charge is 0.231 e. The topological polar surface area (TPSA) is 47.7 Å². The fourth-order valence-corrected chi connectivity index (χ4v) is 3.35. The molecule has 1 aliphatic heterocycles. The zero-order valence-corrected chi connectivity index (χ0v) is 13.3. The fourth-order valence-electron chi connectivity index (χ4n) is 2.06. The average Bonchev–Trinajstić information content (AvgIpc) is 2.85. The predicted octanol–water partition coefficient (Wildman–Crippen LogP) is 2.98. The lowest BCUT2D eigenvalue weighted by Gasteiger charge is -2.25. The summed E-state index contributed by atoms with van der Waals surface area (Å²) in [7, 11) is 0. The Kier molecular flexibility index (Phi) is 5.57. The van der Waals surface area contributed by atoms with Crippen molar-refractivity contribution >= 4 is 11.9 Å². The quantitative estimate of drug-likeness (QED) is 0.784. The van der Waals surface area contributed by atoms with Crippen LogP contribution in [0.3, 0.4) is 0 Å². The highest BCUT2D eigenvalue weighted by Gasteiger charge is 2.17. The van der Waals surface area contributed by atoms with Gasteiger partial charge in [0.15, 0.2) is 11.5 Å². The number of hydrogen-bond acceptors (Lipinski definition) is 5. The first-order valence-corrected chi connectivity index (χ1v) is 7.88. The lowest BCUT2D eigenvalue weighted by molar-refractivity contribution is 0.174. The Bertz CT molecular complexity index is 440. The van der Waals surface area contributed by atoms with Gasteiger partial charge in [0.2, 0.25) is 6.79 Å². The molecule has 1 heterocycles. The molecule has 1 unspecified atom stereocenters. The second-order valence-corrected chi connectivity index (χ2v) is 6.86. The highest BCUT2D eigenvalue weighted by Crippen LogP contribution is 2.36. The fraction of sp³-hybridized carbons (Fsp3) is 0.600. The van der Waals surface area contributed by atoms with Crippen molar-refractivity contribution in [2.75, 3.05) is 26.4 Å². The normalized spacial score (nSPS) is 15.1. The third-order valence-electron chi connectivity index (χ3n) is 3.07. The summed E-state index contributed by atoms with van der Waals surface area (Å²) in [4.78, 5) is 1.18. The van der Waals surface area contributed by atoms with Crippen LogP contribution in [0.1, 0.15) is 20.8 Å². The molecule has 0 aliphatic carbocycles. The van der Waals surface area contributed by atoms with E-state index >= 15 is 0 Å². The first-order valence-electron chi connectivity index (χ1n) is 7.11. The van der Waals surface area contributed by atoms with Crippen LogP contribution in [-0.2, 0) is 0 Å². The zero-order valence-electron chi connectivity index (χ0n) is 12.5. The summed E-state index contributed by atoms with van der Waals surface area (Å²) in [6, 6.07) is 6.11. The number of nitrogens with two attached hydrogens (primary N) is 1. The molecule has 0 spiro atoms. The van der Waals surface area contributed by atoms with Crippen LogP contribution in [0.25, 0.3) is 0 Å². The van der Waals surface area contributed by atoms with Crippen molar-refractivity contribution in [3.8, 4) is 11.5 Å². The standard InChI is InChI=1S/C15H24N2O2S/c1-11(2)8-17(9-12(3)7-16)20-13-4-5-14-15(6-13)19-10-18-14/h4-6,11-12H,7-10,16H2,1-3H3. The number of fused-ring (bicyclic) bond motifs is 1.